The lowest BCUT2D eigenvalue weighted by Crippen LogP contribution is -2.37. The normalized spacial score (nSPS) is 22.7. The number of nitrogens with zero attached hydrogens (tertiary/aromatic N) is 5. The molecule has 3 rings (SSSR count). The van der Waals surface area contributed by atoms with E-state index in [0.29, 0.717) is 11.9 Å². The molecule has 0 radical (unpaired) electrons. The van der Waals surface area contributed by atoms with Gasteiger partial charge in [0.1, 0.15) is 6.33 Å². The maximum atomic E-state index is 11.4. The van der Waals surface area contributed by atoms with E-state index in [9.17, 15) is 10.1 Å². The molecule has 2 aliphatic heterocycles. The molecule has 3 heterocycles. The fourth-order valence-corrected chi connectivity index (χ4v) is 3.27. The lowest BCUT2D eigenvalue weighted by Gasteiger charge is -2.26. The summed E-state index contributed by atoms with van der Waals surface area (Å²) in [6.07, 6.45) is 4.62. The Bertz CT molecular complexity index is 538. The molecule has 0 aromatic carbocycles. The summed E-state index contributed by atoms with van der Waals surface area (Å²) >= 11 is 0. The Kier molecular flexibility index (Phi) is 3.84. The molecule has 0 aliphatic carbocycles. The number of hydrazine groups is 1. The summed E-state index contributed by atoms with van der Waals surface area (Å²) in [6, 6.07) is 0.455. The van der Waals surface area contributed by atoms with E-state index >= 15 is 0 Å². The predicted molar refractivity (Wildman–Crippen MR) is 77.9 cm³/mol. The zero-order chi connectivity index (χ0) is 14.8. The van der Waals surface area contributed by atoms with Crippen LogP contribution in [0, 0.1) is 10.1 Å². The van der Waals surface area contributed by atoms with Gasteiger partial charge in [0.2, 0.25) is 11.6 Å². The molecule has 2 aliphatic rings. The van der Waals surface area contributed by atoms with Gasteiger partial charge in [-0.15, -0.1) is 0 Å². The molecule has 0 saturated carbocycles. The first-order chi connectivity index (χ1) is 10.2. The number of nitrogens with two attached hydrogens (primary N) is 1. The van der Waals surface area contributed by atoms with Gasteiger partial charge in [-0.3, -0.25) is 15.0 Å². The van der Waals surface area contributed by atoms with Gasteiger partial charge in [-0.2, -0.15) is 0 Å². The monoisotopic (exact) mass is 293 g/mol. The molecule has 21 heavy (non-hydrogen) atoms. The summed E-state index contributed by atoms with van der Waals surface area (Å²) < 4.78 is 0. The maximum absolute atomic E-state index is 11.4. The second kappa shape index (κ2) is 5.78. The molecule has 114 valence electrons. The number of hydrogen-bond donors (Lipinski definition) is 2. The number of fused-ring (bicyclic) bond motifs is 1. The van der Waals surface area contributed by atoms with Crippen LogP contribution in [0.2, 0.25) is 0 Å². The van der Waals surface area contributed by atoms with Crippen LogP contribution in [0.5, 0.6) is 0 Å². The number of nitrogen functional groups attached to an aromatic ring is 1. The van der Waals surface area contributed by atoms with Crippen LogP contribution in [0.25, 0.3) is 0 Å². The highest BCUT2D eigenvalue weighted by atomic mass is 16.6. The Morgan fingerprint density at radius 1 is 1.33 bits per heavy atom. The van der Waals surface area contributed by atoms with Gasteiger partial charge in [0, 0.05) is 25.7 Å². The van der Waals surface area contributed by atoms with Crippen molar-refractivity contribution in [3.05, 3.63) is 16.4 Å². The zero-order valence-corrected chi connectivity index (χ0v) is 11.7. The SMILES string of the molecule is NNc1ncnc(N2CCCN3CCCC3C2)c1[N+](=O)[O-]. The van der Waals surface area contributed by atoms with Gasteiger partial charge >= 0.3 is 5.69 Å². The number of rotatable bonds is 3. The Morgan fingerprint density at radius 2 is 2.14 bits per heavy atom. The van der Waals surface area contributed by atoms with E-state index in [0.717, 1.165) is 39.0 Å². The second-order valence-corrected chi connectivity index (χ2v) is 5.43. The van der Waals surface area contributed by atoms with Crippen LogP contribution in [0.1, 0.15) is 19.3 Å². The second-order valence-electron chi connectivity index (χ2n) is 5.43. The van der Waals surface area contributed by atoms with Gasteiger partial charge in [-0.1, -0.05) is 0 Å². The third-order valence-electron chi connectivity index (χ3n) is 4.23. The first-order valence-corrected chi connectivity index (χ1v) is 7.15. The van der Waals surface area contributed by atoms with Crippen LogP contribution in [0.3, 0.4) is 0 Å². The number of nitrogens with one attached hydrogen (secondary N) is 1. The molecule has 0 amide bonds. The number of aromatic nitrogens is 2. The summed E-state index contributed by atoms with van der Waals surface area (Å²) in [5.41, 5.74) is 2.14. The average Bonchev–Trinajstić information content (AvgIpc) is 2.83. The zero-order valence-electron chi connectivity index (χ0n) is 11.7. The van der Waals surface area contributed by atoms with Crippen LogP contribution >= 0.6 is 0 Å². The van der Waals surface area contributed by atoms with E-state index in [1.165, 1.54) is 12.7 Å². The fourth-order valence-electron chi connectivity index (χ4n) is 3.27. The van der Waals surface area contributed by atoms with E-state index in [1.54, 1.807) is 0 Å². The Labute approximate surface area is 122 Å². The maximum Gasteiger partial charge on any atom is 0.354 e. The lowest BCUT2D eigenvalue weighted by atomic mass is 10.2. The minimum Gasteiger partial charge on any atom is -0.349 e. The van der Waals surface area contributed by atoms with Crippen LogP contribution in [-0.2, 0) is 0 Å². The third kappa shape index (κ3) is 2.61. The molecular formula is C12H19N7O2. The van der Waals surface area contributed by atoms with Crippen molar-refractivity contribution in [2.24, 2.45) is 5.84 Å². The van der Waals surface area contributed by atoms with E-state index < -0.39 is 4.92 Å². The molecule has 9 nitrogen and oxygen atoms in total. The van der Waals surface area contributed by atoms with Crippen LogP contribution in [0.4, 0.5) is 17.3 Å². The highest BCUT2D eigenvalue weighted by Crippen LogP contribution is 2.33. The molecule has 1 unspecified atom stereocenters. The van der Waals surface area contributed by atoms with Crippen molar-refractivity contribution in [3.8, 4) is 0 Å². The smallest absolute Gasteiger partial charge is 0.349 e. The van der Waals surface area contributed by atoms with Gasteiger partial charge in [0.25, 0.3) is 0 Å². The minimum absolute atomic E-state index is 0.0533. The van der Waals surface area contributed by atoms with Crippen molar-refractivity contribution >= 4 is 17.3 Å². The molecule has 1 atom stereocenters. The number of hydrogen-bond acceptors (Lipinski definition) is 8. The summed E-state index contributed by atoms with van der Waals surface area (Å²) in [7, 11) is 0. The highest BCUT2D eigenvalue weighted by molar-refractivity contribution is 5.70. The molecule has 9 heteroatoms. The van der Waals surface area contributed by atoms with Crippen molar-refractivity contribution in [1.82, 2.24) is 14.9 Å². The van der Waals surface area contributed by atoms with Crippen LogP contribution < -0.4 is 16.2 Å². The fraction of sp³-hybridized carbons (Fsp3) is 0.667. The van der Waals surface area contributed by atoms with Crippen LogP contribution in [0.15, 0.2) is 6.33 Å². The first kappa shape index (κ1) is 14.0. The largest absolute Gasteiger partial charge is 0.354 e. The third-order valence-corrected chi connectivity index (χ3v) is 4.23. The van der Waals surface area contributed by atoms with Crippen LogP contribution in [-0.4, -0.2) is 52.0 Å². The summed E-state index contributed by atoms with van der Waals surface area (Å²) in [4.78, 5) is 23.3. The average molecular weight is 293 g/mol. The molecular weight excluding hydrogens is 274 g/mol. The van der Waals surface area contributed by atoms with E-state index in [4.69, 9.17) is 5.84 Å². The van der Waals surface area contributed by atoms with Crippen molar-refractivity contribution in [1.29, 1.82) is 0 Å². The molecule has 1 aromatic heterocycles. The Balaban J connectivity index is 1.93. The Hall–Kier alpha value is -2.00. The number of anilines is 2. The van der Waals surface area contributed by atoms with E-state index in [1.807, 2.05) is 4.90 Å². The molecule has 0 spiro atoms. The Morgan fingerprint density at radius 3 is 2.90 bits per heavy atom. The standard InChI is InChI=1S/C12H19N7O2/c13-16-11-10(19(20)21)12(15-8-14-11)18-6-2-5-17-4-1-3-9(17)7-18/h8-9H,1-7,13H2,(H,14,15,16). The van der Waals surface area contributed by atoms with Crippen molar-refractivity contribution in [2.45, 2.75) is 25.3 Å². The predicted octanol–water partition coefficient (Wildman–Crippen LogP) is 0.345. The molecule has 0 bridgehead atoms. The van der Waals surface area contributed by atoms with Gasteiger partial charge in [-0.05, 0) is 25.8 Å². The van der Waals surface area contributed by atoms with E-state index in [-0.39, 0.29) is 11.5 Å². The highest BCUT2D eigenvalue weighted by Gasteiger charge is 2.33. The van der Waals surface area contributed by atoms with E-state index in [2.05, 4.69) is 20.3 Å². The van der Waals surface area contributed by atoms with Crippen molar-refractivity contribution in [2.75, 3.05) is 36.5 Å². The quantitative estimate of drug-likeness (QED) is 0.466. The first-order valence-electron chi connectivity index (χ1n) is 7.15. The molecule has 3 N–H and O–H groups in total. The van der Waals surface area contributed by atoms with Gasteiger partial charge in [0.15, 0.2) is 0 Å². The summed E-state index contributed by atoms with van der Waals surface area (Å²) in [5, 5.41) is 11.4. The summed E-state index contributed by atoms with van der Waals surface area (Å²) in [6.45, 7) is 3.69. The topological polar surface area (TPSA) is 113 Å². The van der Waals surface area contributed by atoms with Crippen molar-refractivity contribution < 1.29 is 4.92 Å². The molecule has 1 aromatic rings. The van der Waals surface area contributed by atoms with Crippen molar-refractivity contribution in [3.63, 3.8) is 0 Å². The molecule has 2 saturated heterocycles. The lowest BCUT2D eigenvalue weighted by molar-refractivity contribution is -0.383. The summed E-state index contributed by atoms with van der Waals surface area (Å²) in [5.74, 6) is 5.74. The van der Waals surface area contributed by atoms with Gasteiger partial charge in [-0.25, -0.2) is 15.8 Å². The minimum atomic E-state index is -0.470. The molecule has 2 fully saturated rings. The van der Waals surface area contributed by atoms with Gasteiger partial charge < -0.3 is 10.3 Å². The number of nitro groups is 1. The van der Waals surface area contributed by atoms with Gasteiger partial charge in [0.05, 0.1) is 4.92 Å².